The summed E-state index contributed by atoms with van der Waals surface area (Å²) >= 11 is 0. The molecule has 0 radical (unpaired) electrons. The van der Waals surface area contributed by atoms with Crippen molar-refractivity contribution in [2.75, 3.05) is 0 Å². The topological polar surface area (TPSA) is 67.5 Å². The summed E-state index contributed by atoms with van der Waals surface area (Å²) in [5, 5.41) is 10.5. The smallest absolute Gasteiger partial charge is 0.351 e. The molecule has 88 valence electrons. The number of fused-ring (bicyclic) bond motifs is 1. The fraction of sp³-hybridized carbons (Fsp3) is 0.231. The van der Waals surface area contributed by atoms with Crippen LogP contribution in [0.4, 0.5) is 0 Å². The van der Waals surface area contributed by atoms with E-state index < -0.39 is 11.4 Å². The number of ketones is 1. The summed E-state index contributed by atoms with van der Waals surface area (Å²) in [5.41, 5.74) is 0.752. The van der Waals surface area contributed by atoms with E-state index in [0.29, 0.717) is 11.0 Å². The molecule has 0 saturated carbocycles. The lowest BCUT2D eigenvalue weighted by molar-refractivity contribution is 0.101. The van der Waals surface area contributed by atoms with Crippen LogP contribution in [-0.4, -0.2) is 10.9 Å². The van der Waals surface area contributed by atoms with Gasteiger partial charge in [0, 0.05) is 0 Å². The highest BCUT2D eigenvalue weighted by Crippen LogP contribution is 2.31. The predicted molar refractivity (Wildman–Crippen MR) is 63.6 cm³/mol. The minimum absolute atomic E-state index is 0.286. The molecule has 1 heterocycles. The van der Waals surface area contributed by atoms with Gasteiger partial charge in [-0.05, 0) is 31.9 Å². The first-order chi connectivity index (χ1) is 7.93. The lowest BCUT2D eigenvalue weighted by atomic mass is 10.0. The third kappa shape index (κ3) is 1.62. The van der Waals surface area contributed by atoms with Gasteiger partial charge in [-0.3, -0.25) is 4.79 Å². The molecule has 17 heavy (non-hydrogen) atoms. The van der Waals surface area contributed by atoms with Gasteiger partial charge < -0.3 is 9.52 Å². The Labute approximate surface area is 97.5 Å². The largest absolute Gasteiger partial charge is 0.506 e. The Balaban J connectivity index is 3.08. The Morgan fingerprint density at radius 1 is 1.24 bits per heavy atom. The number of aryl methyl sites for hydroxylation is 2. The molecule has 0 saturated heterocycles. The maximum atomic E-state index is 11.6. The Morgan fingerprint density at radius 2 is 1.82 bits per heavy atom. The van der Waals surface area contributed by atoms with Crippen LogP contribution in [-0.2, 0) is 0 Å². The van der Waals surface area contributed by atoms with E-state index in [2.05, 4.69) is 0 Å². The minimum atomic E-state index is -0.795. The third-order valence-electron chi connectivity index (χ3n) is 2.79. The Kier molecular flexibility index (Phi) is 2.50. The quantitative estimate of drug-likeness (QED) is 0.605. The van der Waals surface area contributed by atoms with Gasteiger partial charge in [0.1, 0.15) is 16.9 Å². The zero-order valence-electron chi connectivity index (χ0n) is 9.83. The van der Waals surface area contributed by atoms with Gasteiger partial charge in [-0.1, -0.05) is 12.1 Å². The van der Waals surface area contributed by atoms with Crippen molar-refractivity contribution in [2.45, 2.75) is 20.8 Å². The molecule has 0 unspecified atom stereocenters. The maximum absolute atomic E-state index is 11.6. The van der Waals surface area contributed by atoms with Crippen molar-refractivity contribution in [2.24, 2.45) is 0 Å². The number of Topliss-reactive ketones (excluding diaryl/α,β-unsaturated/α-hetero) is 1. The van der Waals surface area contributed by atoms with E-state index >= 15 is 0 Å². The van der Waals surface area contributed by atoms with Crippen molar-refractivity contribution in [3.05, 3.63) is 39.2 Å². The van der Waals surface area contributed by atoms with Gasteiger partial charge in [0.25, 0.3) is 0 Å². The molecule has 0 spiro atoms. The van der Waals surface area contributed by atoms with Crippen molar-refractivity contribution in [1.82, 2.24) is 0 Å². The van der Waals surface area contributed by atoms with Crippen LogP contribution in [0.1, 0.15) is 28.4 Å². The second-order valence-corrected chi connectivity index (χ2v) is 4.07. The van der Waals surface area contributed by atoms with E-state index in [1.165, 1.54) is 6.92 Å². The average Bonchev–Trinajstić information content (AvgIpc) is 2.22. The number of rotatable bonds is 1. The first kappa shape index (κ1) is 11.4. The molecule has 1 aromatic carbocycles. The zero-order valence-corrected chi connectivity index (χ0v) is 9.83. The first-order valence-electron chi connectivity index (χ1n) is 5.20. The minimum Gasteiger partial charge on any atom is -0.506 e. The second kappa shape index (κ2) is 3.73. The molecule has 0 aliphatic rings. The number of benzene rings is 1. The average molecular weight is 232 g/mol. The van der Waals surface area contributed by atoms with Gasteiger partial charge in [-0.25, -0.2) is 4.79 Å². The van der Waals surface area contributed by atoms with Crippen molar-refractivity contribution in [1.29, 1.82) is 0 Å². The van der Waals surface area contributed by atoms with E-state index in [0.717, 1.165) is 11.1 Å². The summed E-state index contributed by atoms with van der Waals surface area (Å²) in [7, 11) is 0. The number of carbonyl (C=O) groups excluding carboxylic acids is 1. The summed E-state index contributed by atoms with van der Waals surface area (Å²) in [5.74, 6) is -0.788. The maximum Gasteiger partial charge on any atom is 0.351 e. The lowest BCUT2D eigenvalue weighted by Gasteiger charge is -2.08. The summed E-state index contributed by atoms with van der Waals surface area (Å²) in [6, 6.07) is 3.61. The van der Waals surface area contributed by atoms with Crippen LogP contribution in [0.15, 0.2) is 21.3 Å². The number of aromatic hydroxyl groups is 1. The van der Waals surface area contributed by atoms with Gasteiger partial charge in [0.15, 0.2) is 5.78 Å². The van der Waals surface area contributed by atoms with Crippen molar-refractivity contribution in [3.63, 3.8) is 0 Å². The van der Waals surface area contributed by atoms with Crippen molar-refractivity contribution in [3.8, 4) is 5.75 Å². The first-order valence-corrected chi connectivity index (χ1v) is 5.20. The Bertz CT molecular complexity index is 680. The summed E-state index contributed by atoms with van der Waals surface area (Å²) in [6.45, 7) is 4.78. The third-order valence-corrected chi connectivity index (χ3v) is 2.79. The number of carbonyl (C=O) groups is 1. The molecule has 1 N–H and O–H groups in total. The second-order valence-electron chi connectivity index (χ2n) is 4.07. The molecule has 0 amide bonds. The van der Waals surface area contributed by atoms with Crippen LogP contribution >= 0.6 is 0 Å². The Hall–Kier alpha value is -2.10. The molecule has 2 rings (SSSR count). The molecule has 0 fully saturated rings. The van der Waals surface area contributed by atoms with Crippen molar-refractivity contribution < 1.29 is 14.3 Å². The molecule has 2 aromatic rings. The van der Waals surface area contributed by atoms with Crippen LogP contribution < -0.4 is 5.63 Å². The van der Waals surface area contributed by atoms with E-state index in [9.17, 15) is 14.7 Å². The zero-order chi connectivity index (χ0) is 12.7. The normalized spacial score (nSPS) is 10.8. The van der Waals surface area contributed by atoms with Crippen LogP contribution in [0.3, 0.4) is 0 Å². The van der Waals surface area contributed by atoms with Crippen LogP contribution in [0.5, 0.6) is 5.75 Å². The van der Waals surface area contributed by atoms with E-state index in [1.54, 1.807) is 26.0 Å². The van der Waals surface area contributed by atoms with Gasteiger partial charge in [-0.15, -0.1) is 0 Å². The SMILES string of the molecule is CC(=O)c1c(O)c2c(C)ccc(C)c2oc1=O. The molecule has 4 nitrogen and oxygen atoms in total. The fourth-order valence-corrected chi connectivity index (χ4v) is 1.89. The summed E-state index contributed by atoms with van der Waals surface area (Å²) in [6.07, 6.45) is 0. The van der Waals surface area contributed by atoms with Gasteiger partial charge in [0.2, 0.25) is 0 Å². The highest BCUT2D eigenvalue weighted by molar-refractivity contribution is 6.02. The summed E-state index contributed by atoms with van der Waals surface area (Å²) in [4.78, 5) is 22.9. The van der Waals surface area contributed by atoms with Crippen molar-refractivity contribution >= 4 is 16.8 Å². The van der Waals surface area contributed by atoms with E-state index in [-0.39, 0.29) is 11.3 Å². The predicted octanol–water partition coefficient (Wildman–Crippen LogP) is 2.32. The molecule has 0 aliphatic heterocycles. The van der Waals surface area contributed by atoms with Gasteiger partial charge in [0.05, 0.1) is 5.39 Å². The molecule has 0 aliphatic carbocycles. The molecule has 0 atom stereocenters. The molecule has 0 bridgehead atoms. The highest BCUT2D eigenvalue weighted by Gasteiger charge is 2.19. The lowest BCUT2D eigenvalue weighted by Crippen LogP contribution is -2.12. The molecular weight excluding hydrogens is 220 g/mol. The monoisotopic (exact) mass is 232 g/mol. The van der Waals surface area contributed by atoms with Crippen LogP contribution in [0.2, 0.25) is 0 Å². The van der Waals surface area contributed by atoms with E-state index in [4.69, 9.17) is 4.42 Å². The molecule has 1 aromatic heterocycles. The molecular formula is C13H12O4. The highest BCUT2D eigenvalue weighted by atomic mass is 16.4. The van der Waals surface area contributed by atoms with Crippen LogP contribution in [0.25, 0.3) is 11.0 Å². The Morgan fingerprint density at radius 3 is 2.41 bits per heavy atom. The molecule has 4 heteroatoms. The summed E-state index contributed by atoms with van der Waals surface area (Å²) < 4.78 is 5.11. The van der Waals surface area contributed by atoms with Gasteiger partial charge in [-0.2, -0.15) is 0 Å². The fourth-order valence-electron chi connectivity index (χ4n) is 1.89. The van der Waals surface area contributed by atoms with Gasteiger partial charge >= 0.3 is 5.63 Å². The van der Waals surface area contributed by atoms with Crippen LogP contribution in [0, 0.1) is 13.8 Å². The number of hydrogen-bond acceptors (Lipinski definition) is 4. The number of hydrogen-bond donors (Lipinski definition) is 1. The van der Waals surface area contributed by atoms with E-state index in [1.807, 2.05) is 0 Å². The standard InChI is InChI=1S/C13H12O4/c1-6-4-5-7(2)12-9(6)11(15)10(8(3)14)13(16)17-12/h4-5,15H,1-3H3.